The highest BCUT2D eigenvalue weighted by atomic mass is 32.2. The van der Waals surface area contributed by atoms with Crippen LogP contribution in [-0.2, 0) is 23.1 Å². The molecule has 3 aromatic rings. The van der Waals surface area contributed by atoms with E-state index in [0.717, 1.165) is 43.2 Å². The van der Waals surface area contributed by atoms with Crippen LogP contribution in [-0.4, -0.2) is 58.6 Å². The second-order valence-corrected chi connectivity index (χ2v) is 8.94. The minimum atomic E-state index is -0.167. The highest BCUT2D eigenvalue weighted by Crippen LogP contribution is 2.20. The van der Waals surface area contributed by atoms with E-state index in [1.165, 1.54) is 11.8 Å². The number of nitrogens with one attached hydrogen (secondary N) is 2. The molecule has 2 heterocycles. The third kappa shape index (κ3) is 6.15. The van der Waals surface area contributed by atoms with Crippen molar-refractivity contribution in [2.45, 2.75) is 18.6 Å². The first-order valence-electron chi connectivity index (χ1n) is 11.1. The Morgan fingerprint density at radius 3 is 2.59 bits per heavy atom. The third-order valence-electron chi connectivity index (χ3n) is 5.47. The summed E-state index contributed by atoms with van der Waals surface area (Å²) in [5.74, 6) is 0.524. The number of benzene rings is 2. The zero-order valence-electron chi connectivity index (χ0n) is 19.3. The van der Waals surface area contributed by atoms with Gasteiger partial charge in [0.05, 0.1) is 25.5 Å². The molecule has 2 aromatic carbocycles. The van der Waals surface area contributed by atoms with Crippen molar-refractivity contribution in [3.63, 3.8) is 0 Å². The van der Waals surface area contributed by atoms with Crippen molar-refractivity contribution in [1.82, 2.24) is 20.1 Å². The number of carbonyl (C=O) groups is 2. The van der Waals surface area contributed by atoms with E-state index in [9.17, 15) is 9.59 Å². The maximum absolute atomic E-state index is 12.4. The number of amides is 2. The van der Waals surface area contributed by atoms with Gasteiger partial charge in [-0.2, -0.15) is 0 Å². The number of ether oxygens (including phenoxy) is 1. The Bertz CT molecular complexity index is 1140. The summed E-state index contributed by atoms with van der Waals surface area (Å²) < 4.78 is 7.17. The molecular formula is C24H28N6O3S. The number of nitrogens with zero attached hydrogens (tertiary/aromatic N) is 4. The lowest BCUT2D eigenvalue weighted by Gasteiger charge is -2.28. The second-order valence-electron chi connectivity index (χ2n) is 7.99. The van der Waals surface area contributed by atoms with Gasteiger partial charge in [-0.05, 0) is 43.3 Å². The van der Waals surface area contributed by atoms with Gasteiger partial charge in [0, 0.05) is 37.1 Å². The number of hydrogen-bond acceptors (Lipinski definition) is 7. The van der Waals surface area contributed by atoms with Gasteiger partial charge in [-0.1, -0.05) is 29.5 Å². The summed E-state index contributed by atoms with van der Waals surface area (Å²) in [5.41, 5.74) is 3.50. The average Bonchev–Trinajstić information content (AvgIpc) is 3.21. The van der Waals surface area contributed by atoms with E-state index in [1.54, 1.807) is 10.6 Å². The smallest absolute Gasteiger partial charge is 0.251 e. The maximum Gasteiger partial charge on any atom is 0.251 e. The van der Waals surface area contributed by atoms with Crippen molar-refractivity contribution < 1.29 is 14.3 Å². The molecule has 9 nitrogen and oxygen atoms in total. The molecule has 0 radical (unpaired) electrons. The maximum atomic E-state index is 12.4. The van der Waals surface area contributed by atoms with E-state index in [4.69, 9.17) is 4.74 Å². The zero-order chi connectivity index (χ0) is 23.9. The average molecular weight is 481 g/mol. The van der Waals surface area contributed by atoms with Crippen LogP contribution in [0.3, 0.4) is 0 Å². The summed E-state index contributed by atoms with van der Waals surface area (Å²) in [6.45, 7) is 5.41. The van der Waals surface area contributed by atoms with Gasteiger partial charge >= 0.3 is 0 Å². The van der Waals surface area contributed by atoms with E-state index < -0.39 is 0 Å². The van der Waals surface area contributed by atoms with Crippen LogP contribution in [0.15, 0.2) is 53.7 Å². The first-order chi connectivity index (χ1) is 16.5. The lowest BCUT2D eigenvalue weighted by molar-refractivity contribution is -0.113. The lowest BCUT2D eigenvalue weighted by atomic mass is 10.1. The van der Waals surface area contributed by atoms with Gasteiger partial charge in [-0.25, -0.2) is 0 Å². The molecule has 0 spiro atoms. The van der Waals surface area contributed by atoms with Crippen LogP contribution in [0.1, 0.15) is 21.7 Å². The Morgan fingerprint density at radius 1 is 1.09 bits per heavy atom. The van der Waals surface area contributed by atoms with Gasteiger partial charge in [0.2, 0.25) is 5.91 Å². The van der Waals surface area contributed by atoms with Crippen LogP contribution in [0.25, 0.3) is 0 Å². The van der Waals surface area contributed by atoms with Gasteiger partial charge in [-0.3, -0.25) is 9.59 Å². The van der Waals surface area contributed by atoms with Crippen molar-refractivity contribution in [3.8, 4) is 0 Å². The summed E-state index contributed by atoms with van der Waals surface area (Å²) in [6.07, 6.45) is 0. The van der Waals surface area contributed by atoms with Crippen LogP contribution in [0.5, 0.6) is 0 Å². The van der Waals surface area contributed by atoms with Crippen LogP contribution in [0.2, 0.25) is 0 Å². The summed E-state index contributed by atoms with van der Waals surface area (Å²) >= 11 is 1.30. The SMILES string of the molecule is Cc1cccc(C(=O)NCc2nnc(SCC(=O)Nc3ccc(N4CCOCC4)cc3)n2C)c1. The Morgan fingerprint density at radius 2 is 1.85 bits per heavy atom. The molecule has 10 heteroatoms. The molecule has 34 heavy (non-hydrogen) atoms. The summed E-state index contributed by atoms with van der Waals surface area (Å²) in [5, 5.41) is 14.7. The van der Waals surface area contributed by atoms with Crippen molar-refractivity contribution in [1.29, 1.82) is 0 Å². The molecule has 1 fully saturated rings. The monoisotopic (exact) mass is 480 g/mol. The summed E-state index contributed by atoms with van der Waals surface area (Å²) in [4.78, 5) is 27.0. The van der Waals surface area contributed by atoms with Gasteiger partial charge in [0.15, 0.2) is 11.0 Å². The van der Waals surface area contributed by atoms with Crippen molar-refractivity contribution in [2.24, 2.45) is 7.05 Å². The van der Waals surface area contributed by atoms with Crippen molar-refractivity contribution >= 4 is 35.0 Å². The van der Waals surface area contributed by atoms with Crippen LogP contribution in [0.4, 0.5) is 11.4 Å². The normalized spacial score (nSPS) is 13.5. The molecule has 0 bridgehead atoms. The van der Waals surface area contributed by atoms with Gasteiger partial charge < -0.3 is 24.8 Å². The standard InChI is InChI=1S/C24H28N6O3S/c1-17-4-3-5-18(14-17)23(32)25-15-21-27-28-24(29(21)2)34-16-22(31)26-19-6-8-20(9-7-19)30-10-12-33-13-11-30/h3-9,14H,10-13,15-16H2,1-2H3,(H,25,32)(H,26,31). The quantitative estimate of drug-likeness (QED) is 0.478. The Balaban J connectivity index is 1.25. The molecule has 0 aliphatic carbocycles. The fourth-order valence-corrected chi connectivity index (χ4v) is 4.31. The molecule has 0 atom stereocenters. The molecular weight excluding hydrogens is 452 g/mol. The minimum Gasteiger partial charge on any atom is -0.378 e. The first kappa shape index (κ1) is 23.8. The number of aryl methyl sites for hydroxylation is 1. The van der Waals surface area contributed by atoms with Gasteiger partial charge in [-0.15, -0.1) is 10.2 Å². The molecule has 1 aromatic heterocycles. The summed E-state index contributed by atoms with van der Waals surface area (Å²) in [6, 6.07) is 15.2. The highest BCUT2D eigenvalue weighted by molar-refractivity contribution is 7.99. The van der Waals surface area contributed by atoms with Gasteiger partial charge in [0.25, 0.3) is 5.91 Å². The van der Waals surface area contributed by atoms with E-state index >= 15 is 0 Å². The number of anilines is 2. The molecule has 1 aliphatic heterocycles. The van der Waals surface area contributed by atoms with E-state index in [-0.39, 0.29) is 24.1 Å². The fraction of sp³-hybridized carbons (Fsp3) is 0.333. The summed E-state index contributed by atoms with van der Waals surface area (Å²) in [7, 11) is 1.82. The number of carbonyl (C=O) groups excluding carboxylic acids is 2. The molecule has 2 N–H and O–H groups in total. The Hall–Kier alpha value is -3.37. The van der Waals surface area contributed by atoms with Gasteiger partial charge in [0.1, 0.15) is 0 Å². The first-order valence-corrected chi connectivity index (χ1v) is 12.1. The predicted molar refractivity (Wildman–Crippen MR) is 132 cm³/mol. The number of hydrogen-bond donors (Lipinski definition) is 2. The molecule has 178 valence electrons. The fourth-order valence-electron chi connectivity index (χ4n) is 3.58. The molecule has 0 unspecified atom stereocenters. The van der Waals surface area contributed by atoms with Crippen molar-refractivity contribution in [3.05, 3.63) is 65.5 Å². The minimum absolute atomic E-state index is 0.124. The van der Waals surface area contributed by atoms with E-state index in [1.807, 2.05) is 56.4 Å². The van der Waals surface area contributed by atoms with Crippen LogP contribution >= 0.6 is 11.8 Å². The highest BCUT2D eigenvalue weighted by Gasteiger charge is 2.14. The number of thioether (sulfide) groups is 1. The largest absolute Gasteiger partial charge is 0.378 e. The van der Waals surface area contributed by atoms with Crippen molar-refractivity contribution in [2.75, 3.05) is 42.3 Å². The second kappa shape index (κ2) is 11.2. The molecule has 1 saturated heterocycles. The topological polar surface area (TPSA) is 101 Å². The third-order valence-corrected chi connectivity index (χ3v) is 6.49. The number of morpholine rings is 1. The zero-order valence-corrected chi connectivity index (χ0v) is 20.1. The lowest BCUT2D eigenvalue weighted by Crippen LogP contribution is -2.36. The number of aromatic nitrogens is 3. The van der Waals surface area contributed by atoms with E-state index in [2.05, 4.69) is 25.7 Å². The molecule has 1 aliphatic rings. The number of rotatable bonds is 8. The predicted octanol–water partition coefficient (Wildman–Crippen LogP) is 2.62. The van der Waals surface area contributed by atoms with Crippen LogP contribution in [0, 0.1) is 6.92 Å². The van der Waals surface area contributed by atoms with Crippen LogP contribution < -0.4 is 15.5 Å². The molecule has 4 rings (SSSR count). The molecule has 2 amide bonds. The Kier molecular flexibility index (Phi) is 7.81. The van der Waals surface area contributed by atoms with E-state index in [0.29, 0.717) is 16.5 Å². The molecule has 0 saturated carbocycles. The Labute approximate surface area is 202 Å².